The van der Waals surface area contributed by atoms with Gasteiger partial charge in [-0.05, 0) is 51.5 Å². The van der Waals surface area contributed by atoms with E-state index in [4.69, 9.17) is 15.0 Å². The number of nitrogens with one attached hydrogen (secondary N) is 2. The van der Waals surface area contributed by atoms with Gasteiger partial charge in [-0.3, -0.25) is 4.98 Å². The van der Waals surface area contributed by atoms with Gasteiger partial charge in [0.25, 0.3) is 0 Å². The van der Waals surface area contributed by atoms with Crippen molar-refractivity contribution in [3.05, 3.63) is 23.7 Å². The topological polar surface area (TPSA) is 75.6 Å². The molecule has 3 aromatic heterocycles. The number of unbranched alkanes of at least 4 members (excludes halogenated alkanes) is 1. The van der Waals surface area contributed by atoms with Crippen LogP contribution in [0, 0.1) is 12.8 Å². The lowest BCUT2D eigenvalue weighted by atomic mass is 10.1. The van der Waals surface area contributed by atoms with Crippen molar-refractivity contribution in [1.29, 1.82) is 0 Å². The molecule has 1 aliphatic carbocycles. The standard InChI is InChI=1S/C24H34N6S/c1-5-7-9-15(3)27-22-20(16(4)28-24(30-22)26-14-17-10-11-17)23-29-21-18(8-6-2)25-13-12-19(21)31-23/h12-13,15,17H,5-11,14H2,1-4H3,(H2,26,27,28,30). The van der Waals surface area contributed by atoms with Gasteiger partial charge < -0.3 is 10.6 Å². The number of anilines is 2. The van der Waals surface area contributed by atoms with Crippen molar-refractivity contribution in [2.24, 2.45) is 5.92 Å². The summed E-state index contributed by atoms with van der Waals surface area (Å²) in [6.07, 6.45) is 10.0. The largest absolute Gasteiger partial charge is 0.367 e. The molecule has 1 saturated carbocycles. The number of pyridine rings is 1. The second kappa shape index (κ2) is 9.90. The molecule has 6 nitrogen and oxygen atoms in total. The lowest BCUT2D eigenvalue weighted by molar-refractivity contribution is 0.643. The van der Waals surface area contributed by atoms with E-state index >= 15 is 0 Å². The highest BCUT2D eigenvalue weighted by Crippen LogP contribution is 2.37. The number of fused-ring (bicyclic) bond motifs is 1. The van der Waals surface area contributed by atoms with E-state index in [1.807, 2.05) is 6.20 Å². The maximum atomic E-state index is 5.02. The van der Waals surface area contributed by atoms with Gasteiger partial charge in [-0.15, -0.1) is 11.3 Å². The molecule has 31 heavy (non-hydrogen) atoms. The van der Waals surface area contributed by atoms with Crippen LogP contribution < -0.4 is 10.6 Å². The Morgan fingerprint density at radius 3 is 2.74 bits per heavy atom. The van der Waals surface area contributed by atoms with Gasteiger partial charge in [0.1, 0.15) is 16.3 Å². The normalized spacial score (nSPS) is 14.7. The molecule has 0 radical (unpaired) electrons. The van der Waals surface area contributed by atoms with Crippen molar-refractivity contribution in [1.82, 2.24) is 19.9 Å². The molecule has 0 aromatic carbocycles. The van der Waals surface area contributed by atoms with Crippen LogP contribution in [0.15, 0.2) is 12.3 Å². The van der Waals surface area contributed by atoms with Gasteiger partial charge in [0.2, 0.25) is 5.95 Å². The second-order valence-electron chi connectivity index (χ2n) is 8.74. The van der Waals surface area contributed by atoms with Crippen LogP contribution in [-0.4, -0.2) is 32.5 Å². The van der Waals surface area contributed by atoms with Crippen molar-refractivity contribution >= 4 is 33.3 Å². The molecular formula is C24H34N6S. The summed E-state index contributed by atoms with van der Waals surface area (Å²) in [6.45, 7) is 9.67. The quantitative estimate of drug-likeness (QED) is 0.370. The van der Waals surface area contributed by atoms with E-state index in [2.05, 4.69) is 49.4 Å². The minimum Gasteiger partial charge on any atom is -0.367 e. The van der Waals surface area contributed by atoms with Crippen molar-refractivity contribution in [2.75, 3.05) is 17.2 Å². The van der Waals surface area contributed by atoms with Crippen LogP contribution in [0.1, 0.15) is 70.7 Å². The Labute approximate surface area is 189 Å². The van der Waals surface area contributed by atoms with Crippen molar-refractivity contribution in [3.63, 3.8) is 0 Å². The van der Waals surface area contributed by atoms with E-state index in [0.29, 0.717) is 12.0 Å². The highest BCUT2D eigenvalue weighted by atomic mass is 32.1. The number of thiazole rings is 1. The SMILES string of the molecule is CCCCC(C)Nc1nc(NCC2CC2)nc(C)c1-c1nc2c(CCC)nccc2s1. The average molecular weight is 439 g/mol. The van der Waals surface area contributed by atoms with E-state index < -0.39 is 0 Å². The number of hydrogen-bond donors (Lipinski definition) is 2. The van der Waals surface area contributed by atoms with Crippen LogP contribution in [0.3, 0.4) is 0 Å². The fourth-order valence-electron chi connectivity index (χ4n) is 3.82. The summed E-state index contributed by atoms with van der Waals surface area (Å²) >= 11 is 1.71. The maximum Gasteiger partial charge on any atom is 0.224 e. The molecule has 166 valence electrons. The summed E-state index contributed by atoms with van der Waals surface area (Å²) in [7, 11) is 0. The van der Waals surface area contributed by atoms with E-state index in [-0.39, 0.29) is 0 Å². The Morgan fingerprint density at radius 1 is 1.16 bits per heavy atom. The smallest absolute Gasteiger partial charge is 0.224 e. The first-order valence-electron chi connectivity index (χ1n) is 11.7. The van der Waals surface area contributed by atoms with E-state index in [1.54, 1.807) is 11.3 Å². The summed E-state index contributed by atoms with van der Waals surface area (Å²) in [6, 6.07) is 2.41. The van der Waals surface area contributed by atoms with Crippen molar-refractivity contribution < 1.29 is 0 Å². The van der Waals surface area contributed by atoms with Crippen LogP contribution in [0.25, 0.3) is 20.8 Å². The lowest BCUT2D eigenvalue weighted by Gasteiger charge is -2.18. The monoisotopic (exact) mass is 438 g/mol. The number of rotatable bonds is 11. The van der Waals surface area contributed by atoms with Crippen molar-refractivity contribution in [2.45, 2.75) is 78.7 Å². The zero-order chi connectivity index (χ0) is 21.8. The predicted molar refractivity (Wildman–Crippen MR) is 131 cm³/mol. The number of aryl methyl sites for hydroxylation is 2. The number of aromatic nitrogens is 4. The third-order valence-electron chi connectivity index (χ3n) is 5.79. The van der Waals surface area contributed by atoms with E-state index in [1.165, 1.54) is 30.4 Å². The molecule has 0 bridgehead atoms. The first-order chi connectivity index (χ1) is 15.1. The van der Waals surface area contributed by atoms with Crippen LogP contribution >= 0.6 is 11.3 Å². The second-order valence-corrected chi connectivity index (χ2v) is 9.77. The van der Waals surface area contributed by atoms with Gasteiger partial charge in [0.15, 0.2) is 0 Å². The lowest BCUT2D eigenvalue weighted by Crippen LogP contribution is -2.18. The minimum absolute atomic E-state index is 0.343. The van der Waals surface area contributed by atoms with Gasteiger partial charge in [-0.1, -0.05) is 33.1 Å². The summed E-state index contributed by atoms with van der Waals surface area (Å²) in [5.41, 5.74) is 4.07. The average Bonchev–Trinajstić information content (AvgIpc) is 3.48. The molecule has 1 unspecified atom stereocenters. The van der Waals surface area contributed by atoms with Crippen LogP contribution in [0.4, 0.5) is 11.8 Å². The molecule has 1 atom stereocenters. The first kappa shape index (κ1) is 21.9. The van der Waals surface area contributed by atoms with Gasteiger partial charge >= 0.3 is 0 Å². The van der Waals surface area contributed by atoms with Crippen LogP contribution in [-0.2, 0) is 6.42 Å². The number of hydrogen-bond acceptors (Lipinski definition) is 7. The number of nitrogens with zero attached hydrogens (tertiary/aromatic N) is 4. The molecular weight excluding hydrogens is 404 g/mol. The van der Waals surface area contributed by atoms with Crippen LogP contribution in [0.2, 0.25) is 0 Å². The predicted octanol–water partition coefficient (Wildman–Crippen LogP) is 6.22. The Kier molecular flexibility index (Phi) is 7.00. The molecule has 3 heterocycles. The third kappa shape index (κ3) is 5.32. The third-order valence-corrected chi connectivity index (χ3v) is 6.83. The van der Waals surface area contributed by atoms with Gasteiger partial charge in [0.05, 0.1) is 21.7 Å². The van der Waals surface area contributed by atoms with E-state index in [0.717, 1.165) is 65.0 Å². The Bertz CT molecular complexity index is 1030. The Morgan fingerprint density at radius 2 is 2.00 bits per heavy atom. The fraction of sp³-hybridized carbons (Fsp3) is 0.583. The minimum atomic E-state index is 0.343. The molecule has 0 spiro atoms. The maximum absolute atomic E-state index is 5.02. The summed E-state index contributed by atoms with van der Waals surface area (Å²) in [5.74, 6) is 2.38. The van der Waals surface area contributed by atoms with Crippen LogP contribution in [0.5, 0.6) is 0 Å². The van der Waals surface area contributed by atoms with Gasteiger partial charge in [-0.2, -0.15) is 4.98 Å². The Balaban J connectivity index is 1.72. The molecule has 1 fully saturated rings. The molecule has 2 N–H and O–H groups in total. The zero-order valence-electron chi connectivity index (χ0n) is 19.2. The molecule has 7 heteroatoms. The molecule has 3 aromatic rings. The summed E-state index contributed by atoms with van der Waals surface area (Å²) in [5, 5.41) is 8.09. The van der Waals surface area contributed by atoms with E-state index in [9.17, 15) is 0 Å². The summed E-state index contributed by atoms with van der Waals surface area (Å²) in [4.78, 5) is 19.3. The molecule has 1 aliphatic rings. The first-order valence-corrected chi connectivity index (χ1v) is 12.5. The zero-order valence-corrected chi connectivity index (χ0v) is 20.0. The highest BCUT2D eigenvalue weighted by molar-refractivity contribution is 7.21. The van der Waals surface area contributed by atoms with Gasteiger partial charge in [0, 0.05) is 18.8 Å². The molecule has 0 amide bonds. The highest BCUT2D eigenvalue weighted by Gasteiger charge is 2.23. The van der Waals surface area contributed by atoms with Crippen molar-refractivity contribution in [3.8, 4) is 10.6 Å². The molecule has 0 aliphatic heterocycles. The fourth-order valence-corrected chi connectivity index (χ4v) is 4.90. The Hall–Kier alpha value is -2.28. The summed E-state index contributed by atoms with van der Waals surface area (Å²) < 4.78 is 1.17. The molecule has 4 rings (SSSR count). The van der Waals surface area contributed by atoms with Gasteiger partial charge in [-0.25, -0.2) is 9.97 Å². The molecule has 0 saturated heterocycles.